The van der Waals surface area contributed by atoms with Crippen molar-refractivity contribution in [2.45, 2.75) is 32.4 Å². The molecule has 1 aromatic rings. The Kier molecular flexibility index (Phi) is 3.75. The first kappa shape index (κ1) is 10.6. The van der Waals surface area contributed by atoms with Crippen LogP contribution in [0.1, 0.15) is 25.5 Å². The first-order valence-electron chi connectivity index (χ1n) is 5.65. The molecule has 1 aromatic heterocycles. The van der Waals surface area contributed by atoms with Gasteiger partial charge in [-0.05, 0) is 31.7 Å². The summed E-state index contributed by atoms with van der Waals surface area (Å²) >= 11 is 0. The Hall–Kier alpha value is -0.870. The third-order valence-electron chi connectivity index (χ3n) is 3.15. The lowest BCUT2D eigenvalue weighted by Gasteiger charge is -2.28. The minimum atomic E-state index is 0.553. The van der Waals surface area contributed by atoms with Crippen LogP contribution in [0, 0.1) is 5.92 Å². The van der Waals surface area contributed by atoms with Crippen molar-refractivity contribution in [2.24, 2.45) is 5.92 Å². The molecule has 1 saturated heterocycles. The van der Waals surface area contributed by atoms with Gasteiger partial charge in [0.25, 0.3) is 0 Å². The average Bonchev–Trinajstić information content (AvgIpc) is 2.80. The van der Waals surface area contributed by atoms with Crippen LogP contribution < -0.4 is 5.32 Å². The van der Waals surface area contributed by atoms with Gasteiger partial charge in [0.15, 0.2) is 0 Å². The number of nitrogens with zero attached hydrogens (tertiary/aromatic N) is 1. The Labute approximate surface area is 90.4 Å². The maximum absolute atomic E-state index is 5.36. The quantitative estimate of drug-likeness (QED) is 0.786. The summed E-state index contributed by atoms with van der Waals surface area (Å²) in [6, 6.07) is 2.56. The Morgan fingerprint density at radius 1 is 1.60 bits per heavy atom. The van der Waals surface area contributed by atoms with E-state index in [1.54, 1.807) is 6.20 Å². The molecule has 2 heterocycles. The third kappa shape index (κ3) is 3.04. The first-order valence-corrected chi connectivity index (χ1v) is 5.65. The summed E-state index contributed by atoms with van der Waals surface area (Å²) in [6.45, 7) is 4.96. The molecule has 0 aliphatic carbocycles. The Morgan fingerprint density at radius 2 is 2.40 bits per heavy atom. The van der Waals surface area contributed by atoms with Crippen LogP contribution in [-0.4, -0.2) is 29.5 Å². The van der Waals surface area contributed by atoms with Gasteiger partial charge in [-0.2, -0.15) is 5.10 Å². The largest absolute Gasteiger partial charge is 0.381 e. The van der Waals surface area contributed by atoms with E-state index in [4.69, 9.17) is 4.74 Å². The predicted molar refractivity (Wildman–Crippen MR) is 58.4 cm³/mol. The van der Waals surface area contributed by atoms with E-state index in [0.29, 0.717) is 6.04 Å². The van der Waals surface area contributed by atoms with Crippen LogP contribution >= 0.6 is 0 Å². The molecule has 4 heteroatoms. The number of ether oxygens (including phenoxy) is 1. The van der Waals surface area contributed by atoms with Gasteiger partial charge in [0, 0.05) is 37.7 Å². The number of aromatic amines is 1. The molecule has 84 valence electrons. The minimum absolute atomic E-state index is 0.553. The molecule has 1 unspecified atom stereocenters. The van der Waals surface area contributed by atoms with Gasteiger partial charge in [0.2, 0.25) is 0 Å². The number of hydrogen-bond donors (Lipinski definition) is 2. The maximum atomic E-state index is 5.36. The van der Waals surface area contributed by atoms with Gasteiger partial charge >= 0.3 is 0 Å². The second kappa shape index (κ2) is 5.28. The van der Waals surface area contributed by atoms with Crippen LogP contribution in [0.5, 0.6) is 0 Å². The molecule has 4 nitrogen and oxygen atoms in total. The van der Waals surface area contributed by atoms with Crippen molar-refractivity contribution in [3.8, 4) is 0 Å². The Bertz CT molecular complexity index is 267. The molecule has 1 aliphatic heterocycles. The fourth-order valence-corrected chi connectivity index (χ4v) is 2.04. The Balaban J connectivity index is 1.74. The lowest BCUT2D eigenvalue weighted by atomic mass is 9.93. The Morgan fingerprint density at radius 3 is 3.07 bits per heavy atom. The summed E-state index contributed by atoms with van der Waals surface area (Å²) in [5.74, 6) is 0.752. The highest BCUT2D eigenvalue weighted by atomic mass is 16.5. The van der Waals surface area contributed by atoms with Crippen LogP contribution in [0.2, 0.25) is 0 Å². The first-order chi connectivity index (χ1) is 7.36. The molecule has 1 fully saturated rings. The highest BCUT2D eigenvalue weighted by molar-refractivity contribution is 4.97. The fourth-order valence-electron chi connectivity index (χ4n) is 2.04. The molecule has 1 atom stereocenters. The molecule has 0 spiro atoms. The highest BCUT2D eigenvalue weighted by Gasteiger charge is 2.19. The lowest BCUT2D eigenvalue weighted by Crippen LogP contribution is -2.36. The van der Waals surface area contributed by atoms with Crippen molar-refractivity contribution in [3.63, 3.8) is 0 Å². The summed E-state index contributed by atoms with van der Waals surface area (Å²) in [5, 5.41) is 10.4. The van der Waals surface area contributed by atoms with Gasteiger partial charge in [0.05, 0.1) is 0 Å². The van der Waals surface area contributed by atoms with Crippen LogP contribution in [0.25, 0.3) is 0 Å². The SMILES string of the molecule is CC(NCc1ccn[nH]1)C1CCOCC1. The second-order valence-electron chi connectivity index (χ2n) is 4.20. The van der Waals surface area contributed by atoms with Gasteiger partial charge < -0.3 is 10.1 Å². The molecular weight excluding hydrogens is 190 g/mol. The van der Waals surface area contributed by atoms with Crippen molar-refractivity contribution in [2.75, 3.05) is 13.2 Å². The smallest absolute Gasteiger partial charge is 0.0490 e. The minimum Gasteiger partial charge on any atom is -0.381 e. The molecule has 2 N–H and O–H groups in total. The molecule has 0 amide bonds. The highest BCUT2D eigenvalue weighted by Crippen LogP contribution is 2.18. The molecular formula is C11H19N3O. The summed E-state index contributed by atoms with van der Waals surface area (Å²) in [4.78, 5) is 0. The van der Waals surface area contributed by atoms with E-state index in [-0.39, 0.29) is 0 Å². The van der Waals surface area contributed by atoms with Crippen molar-refractivity contribution >= 4 is 0 Å². The van der Waals surface area contributed by atoms with Gasteiger partial charge in [-0.1, -0.05) is 0 Å². The van der Waals surface area contributed by atoms with E-state index in [2.05, 4.69) is 22.4 Å². The number of H-pyrrole nitrogens is 1. The fraction of sp³-hybridized carbons (Fsp3) is 0.727. The lowest BCUT2D eigenvalue weighted by molar-refractivity contribution is 0.0557. The van der Waals surface area contributed by atoms with E-state index >= 15 is 0 Å². The van der Waals surface area contributed by atoms with E-state index in [1.807, 2.05) is 6.07 Å². The van der Waals surface area contributed by atoms with Crippen molar-refractivity contribution in [3.05, 3.63) is 18.0 Å². The molecule has 0 saturated carbocycles. The average molecular weight is 209 g/mol. The maximum Gasteiger partial charge on any atom is 0.0490 e. The predicted octanol–water partition coefficient (Wildman–Crippen LogP) is 1.31. The van der Waals surface area contributed by atoms with Crippen molar-refractivity contribution in [1.29, 1.82) is 0 Å². The van der Waals surface area contributed by atoms with E-state index in [9.17, 15) is 0 Å². The van der Waals surface area contributed by atoms with Gasteiger partial charge in [-0.15, -0.1) is 0 Å². The second-order valence-corrected chi connectivity index (χ2v) is 4.20. The molecule has 1 aliphatic rings. The summed E-state index contributed by atoms with van der Waals surface area (Å²) in [5.41, 5.74) is 1.15. The topological polar surface area (TPSA) is 49.9 Å². The zero-order valence-corrected chi connectivity index (χ0v) is 9.20. The number of hydrogen-bond acceptors (Lipinski definition) is 3. The summed E-state index contributed by atoms with van der Waals surface area (Å²) < 4.78 is 5.36. The van der Waals surface area contributed by atoms with Crippen LogP contribution in [-0.2, 0) is 11.3 Å². The number of rotatable bonds is 4. The van der Waals surface area contributed by atoms with Crippen LogP contribution in [0.15, 0.2) is 12.3 Å². The summed E-state index contributed by atoms with van der Waals surface area (Å²) in [7, 11) is 0. The van der Waals surface area contributed by atoms with Gasteiger partial charge in [0.1, 0.15) is 0 Å². The monoisotopic (exact) mass is 209 g/mol. The van der Waals surface area contributed by atoms with E-state index in [0.717, 1.165) is 31.4 Å². The zero-order valence-electron chi connectivity index (χ0n) is 9.20. The summed E-state index contributed by atoms with van der Waals surface area (Å²) in [6.07, 6.45) is 4.14. The van der Waals surface area contributed by atoms with Crippen molar-refractivity contribution in [1.82, 2.24) is 15.5 Å². The standard InChI is InChI=1S/C11H19N3O/c1-9(10-3-6-15-7-4-10)12-8-11-2-5-13-14-11/h2,5,9-10,12H,3-4,6-8H2,1H3,(H,13,14). The third-order valence-corrected chi connectivity index (χ3v) is 3.15. The van der Waals surface area contributed by atoms with Crippen molar-refractivity contribution < 1.29 is 4.74 Å². The molecule has 0 aromatic carbocycles. The molecule has 0 bridgehead atoms. The van der Waals surface area contributed by atoms with Crippen LogP contribution in [0.3, 0.4) is 0 Å². The van der Waals surface area contributed by atoms with E-state index in [1.165, 1.54) is 12.8 Å². The molecule has 0 radical (unpaired) electrons. The van der Waals surface area contributed by atoms with Crippen LogP contribution in [0.4, 0.5) is 0 Å². The molecule has 15 heavy (non-hydrogen) atoms. The van der Waals surface area contributed by atoms with Gasteiger partial charge in [-0.3, -0.25) is 5.10 Å². The number of aromatic nitrogens is 2. The van der Waals surface area contributed by atoms with Gasteiger partial charge in [-0.25, -0.2) is 0 Å². The van der Waals surface area contributed by atoms with E-state index < -0.39 is 0 Å². The zero-order chi connectivity index (χ0) is 10.5. The number of nitrogens with one attached hydrogen (secondary N) is 2. The molecule has 2 rings (SSSR count). The normalized spacial score (nSPS) is 20.3.